The van der Waals surface area contributed by atoms with Crippen LogP contribution in [0.15, 0.2) is 95.6 Å². The molecule has 33 heavy (non-hydrogen) atoms. The molecule has 0 aliphatic heterocycles. The molecule has 2 N–H and O–H groups in total. The Hall–Kier alpha value is -4.36. The summed E-state index contributed by atoms with van der Waals surface area (Å²) in [7, 11) is 0. The summed E-state index contributed by atoms with van der Waals surface area (Å²) in [6.07, 6.45) is 1.41. The lowest BCUT2D eigenvalue weighted by Gasteiger charge is -2.09. The number of carbonyl (C=O) groups excluding carboxylic acids is 3. The van der Waals surface area contributed by atoms with E-state index in [1.165, 1.54) is 18.4 Å². The smallest absolute Gasteiger partial charge is 0.343 e. The predicted octanol–water partition coefficient (Wildman–Crippen LogP) is 5.66. The number of furan rings is 1. The highest BCUT2D eigenvalue weighted by Gasteiger charge is 2.13. The summed E-state index contributed by atoms with van der Waals surface area (Å²) < 4.78 is 10.4. The molecule has 164 valence electrons. The molecule has 0 atom stereocenters. The van der Waals surface area contributed by atoms with Crippen molar-refractivity contribution in [1.82, 2.24) is 0 Å². The van der Waals surface area contributed by atoms with Gasteiger partial charge in [-0.05, 0) is 72.8 Å². The monoisotopic (exact) mass is 460 g/mol. The van der Waals surface area contributed by atoms with Gasteiger partial charge in [-0.2, -0.15) is 0 Å². The molecule has 0 saturated heterocycles. The van der Waals surface area contributed by atoms with E-state index in [0.717, 1.165) is 0 Å². The fraction of sp³-hybridized carbons (Fsp3) is 0. The van der Waals surface area contributed by atoms with Gasteiger partial charge in [0.1, 0.15) is 5.75 Å². The number of amides is 2. The van der Waals surface area contributed by atoms with Crippen LogP contribution in [0.1, 0.15) is 31.3 Å². The second kappa shape index (κ2) is 9.84. The van der Waals surface area contributed by atoms with E-state index < -0.39 is 11.9 Å². The van der Waals surface area contributed by atoms with Gasteiger partial charge in [-0.3, -0.25) is 9.59 Å². The fourth-order valence-electron chi connectivity index (χ4n) is 2.91. The SMILES string of the molecule is O=C(Oc1ccc(NC(=O)c2ccccc2Cl)cc1)c1ccc(NC(=O)c2ccco2)cc1. The van der Waals surface area contributed by atoms with Crippen LogP contribution >= 0.6 is 11.6 Å². The topological polar surface area (TPSA) is 97.6 Å². The lowest BCUT2D eigenvalue weighted by Crippen LogP contribution is -2.13. The van der Waals surface area contributed by atoms with Crippen LogP contribution in [0.5, 0.6) is 5.75 Å². The normalized spacial score (nSPS) is 10.3. The average molecular weight is 461 g/mol. The minimum atomic E-state index is -0.563. The first-order chi connectivity index (χ1) is 16.0. The second-order valence-corrected chi connectivity index (χ2v) is 7.26. The van der Waals surface area contributed by atoms with Crippen molar-refractivity contribution in [3.05, 3.63) is 113 Å². The summed E-state index contributed by atoms with van der Waals surface area (Å²) in [5, 5.41) is 5.76. The van der Waals surface area contributed by atoms with Gasteiger partial charge in [0.05, 0.1) is 22.4 Å². The molecule has 0 aliphatic carbocycles. The van der Waals surface area contributed by atoms with Gasteiger partial charge < -0.3 is 19.8 Å². The summed E-state index contributed by atoms with van der Waals surface area (Å²) in [6.45, 7) is 0. The first kappa shape index (κ1) is 21.9. The number of esters is 1. The number of benzene rings is 3. The number of hydrogen-bond donors (Lipinski definition) is 2. The summed E-state index contributed by atoms with van der Waals surface area (Å²) >= 11 is 6.04. The van der Waals surface area contributed by atoms with Crippen LogP contribution in [0.3, 0.4) is 0 Å². The molecule has 0 fully saturated rings. The van der Waals surface area contributed by atoms with Gasteiger partial charge in [0.25, 0.3) is 11.8 Å². The van der Waals surface area contributed by atoms with E-state index in [2.05, 4.69) is 10.6 Å². The zero-order chi connectivity index (χ0) is 23.2. The number of nitrogens with one attached hydrogen (secondary N) is 2. The summed E-state index contributed by atoms with van der Waals surface area (Å²) in [5.41, 5.74) is 1.70. The third-order valence-corrected chi connectivity index (χ3v) is 4.89. The maximum absolute atomic E-state index is 12.4. The van der Waals surface area contributed by atoms with E-state index in [4.69, 9.17) is 20.8 Å². The Morgan fingerprint density at radius 2 is 1.36 bits per heavy atom. The molecule has 0 aliphatic rings. The molecule has 1 heterocycles. The minimum absolute atomic E-state index is 0.185. The van der Waals surface area contributed by atoms with Crippen LogP contribution in [0.2, 0.25) is 5.02 Å². The van der Waals surface area contributed by atoms with Crippen molar-refractivity contribution >= 4 is 40.8 Å². The molecule has 0 saturated carbocycles. The van der Waals surface area contributed by atoms with Crippen molar-refractivity contribution in [2.45, 2.75) is 0 Å². The fourth-order valence-corrected chi connectivity index (χ4v) is 3.13. The maximum Gasteiger partial charge on any atom is 0.343 e. The zero-order valence-electron chi connectivity index (χ0n) is 17.1. The Balaban J connectivity index is 1.34. The first-order valence-corrected chi connectivity index (χ1v) is 10.2. The number of rotatable bonds is 6. The summed E-state index contributed by atoms with van der Waals surface area (Å²) in [5.74, 6) is -0.802. The van der Waals surface area contributed by atoms with Crippen molar-refractivity contribution in [1.29, 1.82) is 0 Å². The molecule has 0 unspecified atom stereocenters. The molecular weight excluding hydrogens is 444 g/mol. The molecule has 0 radical (unpaired) electrons. The van der Waals surface area contributed by atoms with Gasteiger partial charge in [-0.25, -0.2) is 4.79 Å². The number of halogens is 1. The van der Waals surface area contributed by atoms with Crippen molar-refractivity contribution < 1.29 is 23.5 Å². The Kier molecular flexibility index (Phi) is 6.52. The number of hydrogen-bond acceptors (Lipinski definition) is 5. The van der Waals surface area contributed by atoms with Gasteiger partial charge in [0, 0.05) is 11.4 Å². The highest BCUT2D eigenvalue weighted by atomic mass is 35.5. The van der Waals surface area contributed by atoms with Gasteiger partial charge in [-0.1, -0.05) is 23.7 Å². The third kappa shape index (κ3) is 5.47. The van der Waals surface area contributed by atoms with E-state index >= 15 is 0 Å². The van der Waals surface area contributed by atoms with Crippen LogP contribution in [0.25, 0.3) is 0 Å². The molecule has 4 aromatic rings. The maximum atomic E-state index is 12.4. The summed E-state index contributed by atoms with van der Waals surface area (Å²) in [4.78, 5) is 36.7. The quantitative estimate of drug-likeness (QED) is 0.286. The Morgan fingerprint density at radius 3 is 2.00 bits per heavy atom. The van der Waals surface area contributed by atoms with Crippen LogP contribution in [-0.2, 0) is 0 Å². The van der Waals surface area contributed by atoms with Crippen molar-refractivity contribution in [3.63, 3.8) is 0 Å². The highest BCUT2D eigenvalue weighted by Crippen LogP contribution is 2.21. The minimum Gasteiger partial charge on any atom is -0.459 e. The van der Waals surface area contributed by atoms with E-state index in [1.807, 2.05) is 0 Å². The van der Waals surface area contributed by atoms with Crippen LogP contribution in [0.4, 0.5) is 11.4 Å². The number of carbonyl (C=O) groups is 3. The van der Waals surface area contributed by atoms with Crippen LogP contribution in [-0.4, -0.2) is 17.8 Å². The lowest BCUT2D eigenvalue weighted by atomic mass is 10.2. The molecule has 3 aromatic carbocycles. The largest absolute Gasteiger partial charge is 0.459 e. The van der Waals surface area contributed by atoms with Crippen LogP contribution in [0, 0.1) is 0 Å². The lowest BCUT2D eigenvalue weighted by molar-refractivity contribution is 0.0734. The molecule has 0 bridgehead atoms. The van der Waals surface area contributed by atoms with Gasteiger partial charge >= 0.3 is 5.97 Å². The summed E-state index contributed by atoms with van der Waals surface area (Å²) in [6, 6.07) is 22.5. The van der Waals surface area contributed by atoms with Gasteiger partial charge in [0.15, 0.2) is 5.76 Å². The van der Waals surface area contributed by atoms with E-state index in [0.29, 0.717) is 33.3 Å². The number of ether oxygens (including phenoxy) is 1. The van der Waals surface area contributed by atoms with E-state index in [-0.39, 0.29) is 11.7 Å². The Labute approximate surface area is 193 Å². The molecule has 4 rings (SSSR count). The number of anilines is 2. The zero-order valence-corrected chi connectivity index (χ0v) is 17.8. The standard InChI is InChI=1S/C25H17ClN2O5/c26-21-5-2-1-4-20(21)23(29)27-18-11-13-19(14-12-18)33-25(31)16-7-9-17(10-8-16)28-24(30)22-6-3-15-32-22/h1-15H,(H,27,29)(H,28,30). The van der Waals surface area contributed by atoms with Gasteiger partial charge in [0.2, 0.25) is 0 Å². The Morgan fingerprint density at radius 1 is 0.727 bits per heavy atom. The predicted molar refractivity (Wildman–Crippen MR) is 124 cm³/mol. The Bertz CT molecular complexity index is 1280. The van der Waals surface area contributed by atoms with Crippen LogP contribution < -0.4 is 15.4 Å². The van der Waals surface area contributed by atoms with Crippen molar-refractivity contribution in [2.75, 3.05) is 10.6 Å². The molecule has 0 spiro atoms. The molecule has 7 nitrogen and oxygen atoms in total. The molecule has 8 heteroatoms. The van der Waals surface area contributed by atoms with Crippen molar-refractivity contribution in [3.8, 4) is 5.75 Å². The third-order valence-electron chi connectivity index (χ3n) is 4.56. The second-order valence-electron chi connectivity index (χ2n) is 6.86. The molecular formula is C25H17ClN2O5. The highest BCUT2D eigenvalue weighted by molar-refractivity contribution is 6.34. The first-order valence-electron chi connectivity index (χ1n) is 9.82. The average Bonchev–Trinajstić information content (AvgIpc) is 3.36. The van der Waals surface area contributed by atoms with E-state index in [1.54, 1.807) is 72.8 Å². The van der Waals surface area contributed by atoms with Crippen molar-refractivity contribution in [2.24, 2.45) is 0 Å². The molecule has 2 amide bonds. The van der Waals surface area contributed by atoms with E-state index in [9.17, 15) is 14.4 Å². The molecule has 1 aromatic heterocycles. The van der Waals surface area contributed by atoms with Gasteiger partial charge in [-0.15, -0.1) is 0 Å².